The number of aromatic hydroxyl groups is 1. The van der Waals surface area contributed by atoms with Crippen LogP contribution in [0.1, 0.15) is 29.5 Å². The molecule has 0 radical (unpaired) electrons. The molecule has 4 heteroatoms. The summed E-state index contributed by atoms with van der Waals surface area (Å²) in [6, 6.07) is 2.30. The van der Waals surface area contributed by atoms with Crippen LogP contribution < -0.4 is 4.74 Å². The van der Waals surface area contributed by atoms with Crippen LogP contribution in [0.2, 0.25) is 0 Å². The van der Waals surface area contributed by atoms with Gasteiger partial charge in [0.25, 0.3) is 0 Å². The van der Waals surface area contributed by atoms with Gasteiger partial charge in [-0.05, 0) is 69.3 Å². The number of nitrogens with zero attached hydrogens (tertiary/aromatic N) is 1. The molecule has 1 aromatic carbocycles. The Morgan fingerprint density at radius 1 is 1.29 bits per heavy atom. The van der Waals surface area contributed by atoms with Crippen LogP contribution in [0.5, 0.6) is 11.5 Å². The maximum absolute atomic E-state index is 10.5. The summed E-state index contributed by atoms with van der Waals surface area (Å²) in [5.74, 6) is 1.34. The molecule has 0 aromatic heterocycles. The van der Waals surface area contributed by atoms with Crippen molar-refractivity contribution in [1.82, 2.24) is 4.90 Å². The lowest BCUT2D eigenvalue weighted by molar-refractivity contribution is 0.0699. The average Bonchev–Trinajstić information content (AvgIpc) is 2.57. The molecule has 6 bridgehead atoms. The van der Waals surface area contributed by atoms with E-state index in [0.717, 1.165) is 37.8 Å². The molecule has 130 valence electrons. The highest BCUT2D eigenvalue weighted by atomic mass is 16.5. The summed E-state index contributed by atoms with van der Waals surface area (Å²) in [6.45, 7) is 3.25. The molecule has 1 aliphatic carbocycles. The van der Waals surface area contributed by atoms with Crippen LogP contribution in [-0.4, -0.2) is 47.5 Å². The van der Waals surface area contributed by atoms with E-state index in [1.54, 1.807) is 0 Å². The zero-order chi connectivity index (χ0) is 16.8. The molecule has 3 aliphatic rings. The van der Waals surface area contributed by atoms with Crippen LogP contribution in [0.25, 0.3) is 0 Å². The molecule has 2 heterocycles. The number of likely N-dealkylation sites (N-methyl/N-ethyl adjacent to an activating group) is 1. The number of hydrogen-bond acceptors (Lipinski definition) is 4. The summed E-state index contributed by atoms with van der Waals surface area (Å²) < 4.78 is 6.35. The molecular weight excluding hydrogens is 302 g/mol. The zero-order valence-corrected chi connectivity index (χ0v) is 14.5. The first-order valence-electron chi connectivity index (χ1n) is 9.09. The molecule has 2 aliphatic heterocycles. The number of fused-ring (bicyclic) bond motifs is 4. The maximum Gasteiger partial charge on any atom is 0.164 e. The Morgan fingerprint density at radius 2 is 2.12 bits per heavy atom. The van der Waals surface area contributed by atoms with Crippen molar-refractivity contribution in [2.24, 2.45) is 11.8 Å². The minimum Gasteiger partial charge on any atom is -0.504 e. The smallest absolute Gasteiger partial charge is 0.164 e. The number of benzene rings is 1. The molecule has 0 spiro atoms. The van der Waals surface area contributed by atoms with Gasteiger partial charge in [-0.3, -0.25) is 0 Å². The number of rotatable bonds is 1. The second kappa shape index (κ2) is 6.08. The first-order chi connectivity index (χ1) is 11.6. The summed E-state index contributed by atoms with van der Waals surface area (Å²) in [5.41, 5.74) is 3.70. The molecular formula is C20H27NO3. The third-order valence-corrected chi connectivity index (χ3v) is 6.18. The van der Waals surface area contributed by atoms with E-state index in [1.807, 2.05) is 6.07 Å². The van der Waals surface area contributed by atoms with Gasteiger partial charge in [0.1, 0.15) is 6.10 Å². The normalized spacial score (nSPS) is 32.3. The highest BCUT2D eigenvalue weighted by Gasteiger charge is 2.37. The lowest BCUT2D eigenvalue weighted by Gasteiger charge is -2.38. The van der Waals surface area contributed by atoms with E-state index in [-0.39, 0.29) is 24.4 Å². The number of phenols is 1. The Labute approximate surface area is 143 Å². The van der Waals surface area contributed by atoms with E-state index < -0.39 is 0 Å². The number of phenolic OH excluding ortho intramolecular Hbond substituents is 1. The summed E-state index contributed by atoms with van der Waals surface area (Å²) in [7, 11) is 2.23. The molecule has 1 aromatic rings. The molecule has 4 unspecified atom stereocenters. The van der Waals surface area contributed by atoms with Gasteiger partial charge in [-0.15, -0.1) is 0 Å². The van der Waals surface area contributed by atoms with Crippen LogP contribution in [0.4, 0.5) is 0 Å². The van der Waals surface area contributed by atoms with Crippen LogP contribution in [0.15, 0.2) is 18.2 Å². The quantitative estimate of drug-likeness (QED) is 0.777. The largest absolute Gasteiger partial charge is 0.504 e. The van der Waals surface area contributed by atoms with Gasteiger partial charge in [0, 0.05) is 17.5 Å². The second-order valence-corrected chi connectivity index (χ2v) is 7.64. The predicted octanol–water partition coefficient (Wildman–Crippen LogP) is 2.44. The van der Waals surface area contributed by atoms with Crippen LogP contribution >= 0.6 is 0 Å². The second-order valence-electron chi connectivity index (χ2n) is 7.64. The Balaban J connectivity index is 1.90. The molecule has 4 atom stereocenters. The summed E-state index contributed by atoms with van der Waals surface area (Å²) in [5, 5.41) is 20.3. The number of aliphatic hydroxyl groups is 1. The van der Waals surface area contributed by atoms with Gasteiger partial charge < -0.3 is 19.8 Å². The van der Waals surface area contributed by atoms with Gasteiger partial charge in [-0.2, -0.15) is 0 Å². The van der Waals surface area contributed by atoms with Crippen molar-refractivity contribution >= 4 is 0 Å². The molecule has 0 saturated heterocycles. The lowest BCUT2D eigenvalue weighted by atomic mass is 9.79. The highest BCUT2D eigenvalue weighted by molar-refractivity contribution is 5.54. The van der Waals surface area contributed by atoms with Gasteiger partial charge >= 0.3 is 0 Å². The lowest BCUT2D eigenvalue weighted by Crippen LogP contribution is -2.44. The van der Waals surface area contributed by atoms with Crippen molar-refractivity contribution in [2.45, 2.75) is 44.8 Å². The Hall–Kier alpha value is -1.52. The van der Waals surface area contributed by atoms with Crippen LogP contribution in [0, 0.1) is 18.8 Å². The van der Waals surface area contributed by atoms with Gasteiger partial charge in [0.2, 0.25) is 0 Å². The maximum atomic E-state index is 10.5. The van der Waals surface area contributed by atoms with Crippen molar-refractivity contribution in [2.75, 3.05) is 20.2 Å². The van der Waals surface area contributed by atoms with Gasteiger partial charge in [-0.25, -0.2) is 0 Å². The first-order valence-corrected chi connectivity index (χ1v) is 9.09. The predicted molar refractivity (Wildman–Crippen MR) is 93.5 cm³/mol. The van der Waals surface area contributed by atoms with E-state index in [1.165, 1.54) is 11.1 Å². The van der Waals surface area contributed by atoms with E-state index >= 15 is 0 Å². The fourth-order valence-corrected chi connectivity index (χ4v) is 4.76. The Morgan fingerprint density at radius 3 is 2.92 bits per heavy atom. The molecule has 24 heavy (non-hydrogen) atoms. The summed E-state index contributed by atoms with van der Waals surface area (Å²) >= 11 is 0. The minimum atomic E-state index is -0.0719. The van der Waals surface area contributed by atoms with Crippen LogP contribution in [-0.2, 0) is 12.8 Å². The summed E-state index contributed by atoms with van der Waals surface area (Å²) in [4.78, 5) is 2.49. The Kier molecular flexibility index (Phi) is 4.05. The van der Waals surface area contributed by atoms with E-state index in [9.17, 15) is 10.2 Å². The minimum absolute atomic E-state index is 0.00284. The number of ether oxygens (including phenoxy) is 1. The van der Waals surface area contributed by atoms with Crippen molar-refractivity contribution in [3.05, 3.63) is 34.9 Å². The molecule has 4 nitrogen and oxygen atoms in total. The number of hydrogen-bond donors (Lipinski definition) is 2. The summed E-state index contributed by atoms with van der Waals surface area (Å²) in [6.07, 6.45) is 8.24. The van der Waals surface area contributed by atoms with Gasteiger partial charge in [0.15, 0.2) is 11.5 Å². The van der Waals surface area contributed by atoms with Crippen molar-refractivity contribution < 1.29 is 14.9 Å². The van der Waals surface area contributed by atoms with Crippen LogP contribution in [0.3, 0.4) is 0 Å². The van der Waals surface area contributed by atoms with Gasteiger partial charge in [0.05, 0.1) is 6.61 Å². The number of aryl methyl sites for hydroxylation is 1. The fraction of sp³-hybridized carbons (Fsp3) is 0.600. The zero-order valence-electron chi connectivity index (χ0n) is 14.5. The fourth-order valence-electron chi connectivity index (χ4n) is 4.76. The molecule has 0 amide bonds. The SMILES string of the molecule is Cc1cc(O)c2c3c1CC(C1C=CC(CO)C(C1)O2)N(C)CCC3. The van der Waals surface area contributed by atoms with E-state index in [4.69, 9.17) is 4.74 Å². The molecule has 4 rings (SSSR count). The van der Waals surface area contributed by atoms with E-state index in [2.05, 4.69) is 31.0 Å². The van der Waals surface area contributed by atoms with Crippen molar-refractivity contribution in [3.8, 4) is 11.5 Å². The monoisotopic (exact) mass is 329 g/mol. The molecule has 0 saturated carbocycles. The molecule has 2 N–H and O–H groups in total. The van der Waals surface area contributed by atoms with Crippen molar-refractivity contribution in [3.63, 3.8) is 0 Å². The Bertz CT molecular complexity index is 669. The first kappa shape index (κ1) is 16.0. The number of aliphatic hydroxyl groups excluding tert-OH is 1. The third kappa shape index (κ3) is 2.52. The third-order valence-electron chi connectivity index (χ3n) is 6.18. The molecule has 0 fully saturated rings. The van der Waals surface area contributed by atoms with Crippen molar-refractivity contribution in [1.29, 1.82) is 0 Å². The topological polar surface area (TPSA) is 52.9 Å². The standard InChI is InChI=1S/C20H27NO3/c1-12-8-18(23)20-15-4-3-7-21(2)17(10-16(12)15)13-5-6-14(11-22)19(9-13)24-20/h5-6,8,13-14,17,19,22-23H,3-4,7,9-11H2,1-2H3. The highest BCUT2D eigenvalue weighted by Crippen LogP contribution is 2.43. The average molecular weight is 329 g/mol. The van der Waals surface area contributed by atoms with Gasteiger partial charge in [-0.1, -0.05) is 12.2 Å². The van der Waals surface area contributed by atoms with E-state index in [0.29, 0.717) is 17.7 Å².